The van der Waals surface area contributed by atoms with Crippen LogP contribution in [0.2, 0.25) is 5.15 Å². The highest BCUT2D eigenvalue weighted by Gasteiger charge is 2.29. The van der Waals surface area contributed by atoms with E-state index in [0.717, 1.165) is 46.2 Å². The number of aromatic nitrogens is 2. The number of ether oxygens (including phenoxy) is 1. The molecule has 0 amide bonds. The third-order valence-electron chi connectivity index (χ3n) is 5.91. The number of ketones is 1. The normalized spacial score (nSPS) is 17.5. The van der Waals surface area contributed by atoms with Crippen molar-refractivity contribution in [2.75, 3.05) is 23.9 Å². The molecule has 2 aliphatic rings. The van der Waals surface area contributed by atoms with Crippen LogP contribution in [0.5, 0.6) is 5.75 Å². The lowest BCUT2D eigenvalue weighted by Crippen LogP contribution is -2.33. The van der Waals surface area contributed by atoms with Crippen molar-refractivity contribution in [3.05, 3.63) is 81.6 Å². The van der Waals surface area contributed by atoms with Gasteiger partial charge < -0.3 is 15.0 Å². The molecule has 8 heteroatoms. The minimum absolute atomic E-state index is 0.113. The van der Waals surface area contributed by atoms with E-state index in [-0.39, 0.29) is 11.8 Å². The first kappa shape index (κ1) is 21.7. The van der Waals surface area contributed by atoms with E-state index in [9.17, 15) is 4.79 Å². The SMILES string of the molecule is COc1cnc(Cl)cc1C1=CCN(c2nc3c(s2)CCC(C(=O)c2ccccc2)N3)C(C)=C1. The second-order valence-electron chi connectivity index (χ2n) is 8.00. The Morgan fingerprint density at radius 2 is 2.12 bits per heavy atom. The molecule has 2 aliphatic heterocycles. The van der Waals surface area contributed by atoms with Crippen LogP contribution in [0.4, 0.5) is 10.9 Å². The van der Waals surface area contributed by atoms with E-state index in [1.165, 1.54) is 4.88 Å². The number of anilines is 2. The second-order valence-corrected chi connectivity index (χ2v) is 9.45. The first-order chi connectivity index (χ1) is 16.0. The van der Waals surface area contributed by atoms with Gasteiger partial charge in [-0.2, -0.15) is 0 Å². The topological polar surface area (TPSA) is 67.3 Å². The quantitative estimate of drug-likeness (QED) is 0.379. The van der Waals surface area contributed by atoms with Gasteiger partial charge in [-0.15, -0.1) is 0 Å². The molecule has 1 atom stereocenters. The number of benzene rings is 1. The molecular weight excluding hydrogens is 456 g/mol. The van der Waals surface area contributed by atoms with Gasteiger partial charge in [0.15, 0.2) is 10.9 Å². The minimum Gasteiger partial charge on any atom is -0.494 e. The molecule has 0 aliphatic carbocycles. The summed E-state index contributed by atoms with van der Waals surface area (Å²) in [7, 11) is 1.63. The van der Waals surface area contributed by atoms with Gasteiger partial charge in [0.05, 0.1) is 24.2 Å². The monoisotopic (exact) mass is 478 g/mol. The van der Waals surface area contributed by atoms with Crippen molar-refractivity contribution in [2.24, 2.45) is 0 Å². The molecular formula is C25H23ClN4O2S. The standard InChI is InChI=1S/C25H23ClN4O2S/c1-15-12-17(18-13-22(26)27-14-20(18)32-2)10-11-30(15)25-29-24-21(33-25)9-8-19(28-24)23(31)16-6-4-3-5-7-16/h3-7,10,12-14,19,28H,8-9,11H2,1-2H3. The molecule has 0 saturated carbocycles. The summed E-state index contributed by atoms with van der Waals surface area (Å²) in [6.07, 6.45) is 7.49. The zero-order valence-corrected chi connectivity index (χ0v) is 19.9. The molecule has 1 unspecified atom stereocenters. The van der Waals surface area contributed by atoms with E-state index < -0.39 is 0 Å². The number of hydrogen-bond donors (Lipinski definition) is 1. The average molecular weight is 479 g/mol. The van der Waals surface area contributed by atoms with Gasteiger partial charge in [0.2, 0.25) is 0 Å². The maximum Gasteiger partial charge on any atom is 0.192 e. The summed E-state index contributed by atoms with van der Waals surface area (Å²) in [6.45, 7) is 2.75. The van der Waals surface area contributed by atoms with E-state index in [1.54, 1.807) is 24.6 Å². The highest BCUT2D eigenvalue weighted by Crippen LogP contribution is 2.39. The molecule has 0 bridgehead atoms. The van der Waals surface area contributed by atoms with Gasteiger partial charge in [0.25, 0.3) is 0 Å². The zero-order chi connectivity index (χ0) is 22.9. The molecule has 6 nitrogen and oxygen atoms in total. The van der Waals surface area contributed by atoms with Crippen LogP contribution in [0, 0.1) is 0 Å². The third-order valence-corrected chi connectivity index (χ3v) is 7.26. The number of Topliss-reactive ketones (excluding diaryl/α,β-unsaturated/α-hetero) is 1. The van der Waals surface area contributed by atoms with E-state index >= 15 is 0 Å². The summed E-state index contributed by atoms with van der Waals surface area (Å²) in [4.78, 5) is 25.2. The lowest BCUT2D eigenvalue weighted by molar-refractivity contribution is 0.0964. The third kappa shape index (κ3) is 4.26. The number of hydrogen-bond acceptors (Lipinski definition) is 7. The number of thiazole rings is 1. The Kier molecular flexibility index (Phi) is 5.91. The van der Waals surface area contributed by atoms with Crippen molar-refractivity contribution in [1.82, 2.24) is 9.97 Å². The molecule has 2 aromatic heterocycles. The smallest absolute Gasteiger partial charge is 0.192 e. The van der Waals surface area contributed by atoms with Gasteiger partial charge in [-0.1, -0.05) is 59.3 Å². The molecule has 1 aromatic carbocycles. The molecule has 0 radical (unpaired) electrons. The minimum atomic E-state index is -0.247. The van der Waals surface area contributed by atoms with Crippen LogP contribution < -0.4 is 15.0 Å². The van der Waals surface area contributed by atoms with Crippen molar-refractivity contribution in [2.45, 2.75) is 25.8 Å². The Morgan fingerprint density at radius 3 is 2.88 bits per heavy atom. The first-order valence-electron chi connectivity index (χ1n) is 10.7. The summed E-state index contributed by atoms with van der Waals surface area (Å²) in [5.41, 5.74) is 3.76. The van der Waals surface area contributed by atoms with E-state index in [2.05, 4.69) is 34.3 Å². The van der Waals surface area contributed by atoms with Crippen LogP contribution in [-0.2, 0) is 6.42 Å². The Labute approximate surface area is 201 Å². The Balaban J connectivity index is 1.35. The van der Waals surface area contributed by atoms with Gasteiger partial charge in [0, 0.05) is 23.4 Å². The number of allylic oxidation sites excluding steroid dienone is 3. The number of nitrogens with zero attached hydrogens (tertiary/aromatic N) is 3. The summed E-state index contributed by atoms with van der Waals surface area (Å²) < 4.78 is 5.47. The van der Waals surface area contributed by atoms with Crippen molar-refractivity contribution in [3.8, 4) is 5.75 Å². The number of carbonyl (C=O) groups excluding carboxylic acids is 1. The van der Waals surface area contributed by atoms with Gasteiger partial charge in [-0.25, -0.2) is 9.97 Å². The van der Waals surface area contributed by atoms with Crippen molar-refractivity contribution >= 4 is 45.2 Å². The molecule has 4 heterocycles. The predicted octanol–water partition coefficient (Wildman–Crippen LogP) is 5.62. The number of methoxy groups -OCH3 is 1. The summed E-state index contributed by atoms with van der Waals surface area (Å²) in [5, 5.41) is 4.73. The maximum atomic E-state index is 12.9. The first-order valence-corrected chi connectivity index (χ1v) is 11.9. The average Bonchev–Trinajstić information content (AvgIpc) is 3.27. The second kappa shape index (κ2) is 9.00. The Morgan fingerprint density at radius 1 is 1.30 bits per heavy atom. The molecule has 0 spiro atoms. The highest BCUT2D eigenvalue weighted by molar-refractivity contribution is 7.16. The van der Waals surface area contributed by atoms with Crippen LogP contribution in [0.1, 0.15) is 34.1 Å². The fourth-order valence-corrected chi connectivity index (χ4v) is 5.43. The fourth-order valence-electron chi connectivity index (χ4n) is 4.17. The summed E-state index contributed by atoms with van der Waals surface area (Å²) in [6, 6.07) is 11.0. The highest BCUT2D eigenvalue weighted by atomic mass is 35.5. The summed E-state index contributed by atoms with van der Waals surface area (Å²) >= 11 is 7.80. The van der Waals surface area contributed by atoms with Gasteiger partial charge in [-0.05, 0) is 37.5 Å². The van der Waals surface area contributed by atoms with Gasteiger partial charge in [-0.3, -0.25) is 4.79 Å². The van der Waals surface area contributed by atoms with Crippen molar-refractivity contribution in [1.29, 1.82) is 0 Å². The number of rotatable bonds is 5. The number of carbonyl (C=O) groups is 1. The van der Waals surface area contributed by atoms with Crippen molar-refractivity contribution in [3.63, 3.8) is 0 Å². The van der Waals surface area contributed by atoms with E-state index in [4.69, 9.17) is 21.3 Å². The lowest BCUT2D eigenvalue weighted by Gasteiger charge is -2.26. The molecule has 0 saturated heterocycles. The summed E-state index contributed by atoms with van der Waals surface area (Å²) in [5.74, 6) is 1.62. The van der Waals surface area contributed by atoms with E-state index in [1.807, 2.05) is 36.4 Å². The molecule has 33 heavy (non-hydrogen) atoms. The lowest BCUT2D eigenvalue weighted by atomic mass is 9.97. The number of halogens is 1. The van der Waals surface area contributed by atoms with Gasteiger partial charge in [0.1, 0.15) is 16.7 Å². The molecule has 3 aromatic rings. The molecule has 5 rings (SSSR count). The number of fused-ring (bicyclic) bond motifs is 1. The Hall–Kier alpha value is -3.16. The number of nitrogens with one attached hydrogen (secondary N) is 1. The van der Waals surface area contributed by atoms with Gasteiger partial charge >= 0.3 is 0 Å². The maximum absolute atomic E-state index is 12.9. The van der Waals surface area contributed by atoms with Crippen LogP contribution in [0.15, 0.2) is 60.4 Å². The largest absolute Gasteiger partial charge is 0.494 e. The van der Waals surface area contributed by atoms with Crippen LogP contribution in [0.25, 0.3) is 5.57 Å². The molecule has 0 fully saturated rings. The van der Waals surface area contributed by atoms with Crippen LogP contribution in [-0.4, -0.2) is 35.4 Å². The zero-order valence-electron chi connectivity index (χ0n) is 18.3. The number of aryl methyl sites for hydroxylation is 1. The number of pyridine rings is 1. The molecule has 168 valence electrons. The van der Waals surface area contributed by atoms with Crippen LogP contribution in [0.3, 0.4) is 0 Å². The van der Waals surface area contributed by atoms with E-state index in [0.29, 0.717) is 17.4 Å². The fraction of sp³-hybridized carbons (Fsp3) is 0.240. The van der Waals surface area contributed by atoms with Crippen molar-refractivity contribution < 1.29 is 9.53 Å². The van der Waals surface area contributed by atoms with Crippen LogP contribution >= 0.6 is 22.9 Å². The Bertz CT molecular complexity index is 1270. The predicted molar refractivity (Wildman–Crippen MR) is 133 cm³/mol. The molecule has 1 N–H and O–H groups in total.